The third kappa shape index (κ3) is 4.78. The lowest BCUT2D eigenvalue weighted by atomic mass is 10.4. The van der Waals surface area contributed by atoms with Crippen molar-refractivity contribution >= 4 is 23.7 Å². The number of nitrogen functional groups attached to an aromatic ring is 1. The fourth-order valence-corrected chi connectivity index (χ4v) is 2.35. The molecule has 0 unspecified atom stereocenters. The summed E-state index contributed by atoms with van der Waals surface area (Å²) >= 11 is 1.77. The van der Waals surface area contributed by atoms with Crippen LogP contribution in [-0.2, 0) is 12.3 Å². The average Bonchev–Trinajstić information content (AvgIpc) is 2.98. The second kappa shape index (κ2) is 7.20. The highest BCUT2D eigenvalue weighted by atomic mass is 32.2. The van der Waals surface area contributed by atoms with Gasteiger partial charge in [0.25, 0.3) is 5.95 Å². The molecule has 8 heteroatoms. The molecular formula is C12H19N5O2S. The second-order valence-electron chi connectivity index (χ2n) is 4.54. The molecular weight excluding hydrogens is 278 g/mol. The summed E-state index contributed by atoms with van der Waals surface area (Å²) in [6, 6.07) is 4.40. The van der Waals surface area contributed by atoms with Crippen molar-refractivity contribution in [3.8, 4) is 0 Å². The van der Waals surface area contributed by atoms with Crippen LogP contribution in [0, 0.1) is 0 Å². The van der Waals surface area contributed by atoms with E-state index in [2.05, 4.69) is 20.4 Å². The van der Waals surface area contributed by atoms with E-state index in [4.69, 9.17) is 14.7 Å². The average molecular weight is 297 g/mol. The second-order valence-corrected chi connectivity index (χ2v) is 5.65. The van der Waals surface area contributed by atoms with Gasteiger partial charge in [0.15, 0.2) is 0 Å². The standard InChI is InChI=1S/C12H19N5O2S/c1-17(2)7-9-3-4-10(18-9)8-20-6-5-14-12-15-11(13)16-19-12/h3-4H,5-8H2,1-2H3,(H3,13,14,15,16). The molecule has 0 amide bonds. The molecule has 7 nitrogen and oxygen atoms in total. The number of nitrogens with one attached hydrogen (secondary N) is 1. The zero-order chi connectivity index (χ0) is 14.4. The summed E-state index contributed by atoms with van der Waals surface area (Å²) in [5.41, 5.74) is 5.34. The number of hydrogen-bond acceptors (Lipinski definition) is 8. The highest BCUT2D eigenvalue weighted by molar-refractivity contribution is 7.98. The molecule has 0 atom stereocenters. The summed E-state index contributed by atoms with van der Waals surface area (Å²) in [7, 11) is 4.04. The molecule has 0 aromatic carbocycles. The fourth-order valence-electron chi connectivity index (χ4n) is 1.61. The maximum Gasteiger partial charge on any atom is 0.323 e. The molecule has 0 saturated heterocycles. The van der Waals surface area contributed by atoms with Gasteiger partial charge in [-0.1, -0.05) is 0 Å². The summed E-state index contributed by atoms with van der Waals surface area (Å²) in [5.74, 6) is 3.88. The van der Waals surface area contributed by atoms with E-state index in [0.717, 1.165) is 36.1 Å². The van der Waals surface area contributed by atoms with E-state index in [-0.39, 0.29) is 5.95 Å². The zero-order valence-corrected chi connectivity index (χ0v) is 12.4. The van der Waals surface area contributed by atoms with E-state index < -0.39 is 0 Å². The van der Waals surface area contributed by atoms with Crippen LogP contribution in [-0.4, -0.2) is 41.4 Å². The van der Waals surface area contributed by atoms with Crippen LogP contribution in [0.4, 0.5) is 12.0 Å². The lowest BCUT2D eigenvalue weighted by Crippen LogP contribution is -2.09. The zero-order valence-electron chi connectivity index (χ0n) is 11.6. The van der Waals surface area contributed by atoms with Crippen molar-refractivity contribution in [1.82, 2.24) is 15.0 Å². The number of rotatable bonds is 8. The van der Waals surface area contributed by atoms with Crippen molar-refractivity contribution < 1.29 is 8.94 Å². The lowest BCUT2D eigenvalue weighted by molar-refractivity contribution is 0.344. The largest absolute Gasteiger partial charge is 0.464 e. The Morgan fingerprint density at radius 1 is 1.35 bits per heavy atom. The number of aromatic nitrogens is 2. The van der Waals surface area contributed by atoms with Crippen LogP contribution in [0.25, 0.3) is 0 Å². The van der Waals surface area contributed by atoms with Crippen molar-refractivity contribution in [2.45, 2.75) is 12.3 Å². The van der Waals surface area contributed by atoms with E-state index in [1.54, 1.807) is 11.8 Å². The van der Waals surface area contributed by atoms with Crippen molar-refractivity contribution in [3.63, 3.8) is 0 Å². The van der Waals surface area contributed by atoms with Gasteiger partial charge in [0.1, 0.15) is 11.5 Å². The SMILES string of the molecule is CN(C)Cc1ccc(CSCCNc2nc(N)no2)o1. The van der Waals surface area contributed by atoms with Gasteiger partial charge in [0, 0.05) is 12.3 Å². The van der Waals surface area contributed by atoms with Gasteiger partial charge in [0.05, 0.1) is 12.3 Å². The summed E-state index contributed by atoms with van der Waals surface area (Å²) in [5, 5.41) is 6.50. The van der Waals surface area contributed by atoms with Crippen molar-refractivity contribution in [2.24, 2.45) is 0 Å². The number of thioether (sulfide) groups is 1. The van der Waals surface area contributed by atoms with Gasteiger partial charge in [-0.15, -0.1) is 0 Å². The minimum atomic E-state index is 0.143. The number of hydrogen-bond donors (Lipinski definition) is 2. The van der Waals surface area contributed by atoms with Crippen molar-refractivity contribution in [2.75, 3.05) is 37.4 Å². The van der Waals surface area contributed by atoms with E-state index in [1.807, 2.05) is 26.2 Å². The first-order valence-electron chi connectivity index (χ1n) is 6.26. The molecule has 0 aliphatic heterocycles. The lowest BCUT2D eigenvalue weighted by Gasteiger charge is -2.05. The van der Waals surface area contributed by atoms with Gasteiger partial charge in [-0.25, -0.2) is 0 Å². The molecule has 20 heavy (non-hydrogen) atoms. The van der Waals surface area contributed by atoms with Crippen LogP contribution in [0.1, 0.15) is 11.5 Å². The molecule has 2 aromatic rings. The molecule has 110 valence electrons. The molecule has 2 aromatic heterocycles. The summed E-state index contributed by atoms with van der Waals surface area (Å²) in [4.78, 5) is 5.93. The number of anilines is 2. The molecule has 0 fully saturated rings. The van der Waals surface area contributed by atoms with Gasteiger partial charge in [-0.3, -0.25) is 0 Å². The van der Waals surface area contributed by atoms with Crippen LogP contribution in [0.3, 0.4) is 0 Å². The van der Waals surface area contributed by atoms with Gasteiger partial charge < -0.3 is 24.9 Å². The van der Waals surface area contributed by atoms with Crippen LogP contribution in [0.15, 0.2) is 21.1 Å². The monoisotopic (exact) mass is 297 g/mol. The molecule has 2 heterocycles. The Morgan fingerprint density at radius 3 is 2.85 bits per heavy atom. The van der Waals surface area contributed by atoms with Crippen LogP contribution in [0.5, 0.6) is 0 Å². The number of nitrogens with two attached hydrogens (primary N) is 1. The smallest absolute Gasteiger partial charge is 0.323 e. The van der Waals surface area contributed by atoms with Gasteiger partial charge in [-0.2, -0.15) is 16.7 Å². The third-order valence-electron chi connectivity index (χ3n) is 2.40. The summed E-state index contributed by atoms with van der Waals surface area (Å²) in [6.45, 7) is 1.56. The Labute approximate surface area is 121 Å². The van der Waals surface area contributed by atoms with Gasteiger partial charge >= 0.3 is 6.01 Å². The normalized spacial score (nSPS) is 11.2. The molecule has 0 aliphatic carbocycles. The molecule has 0 spiro atoms. The summed E-state index contributed by atoms with van der Waals surface area (Å²) in [6.07, 6.45) is 0. The highest BCUT2D eigenvalue weighted by Gasteiger charge is 2.04. The first-order valence-corrected chi connectivity index (χ1v) is 7.42. The molecule has 0 aliphatic rings. The first-order chi connectivity index (χ1) is 9.63. The Hall–Kier alpha value is -1.67. The maximum absolute atomic E-state index is 5.72. The van der Waals surface area contributed by atoms with E-state index >= 15 is 0 Å². The van der Waals surface area contributed by atoms with Gasteiger partial charge in [-0.05, 0) is 31.4 Å². The molecule has 3 N–H and O–H groups in total. The van der Waals surface area contributed by atoms with Crippen LogP contribution in [0.2, 0.25) is 0 Å². The van der Waals surface area contributed by atoms with Gasteiger partial charge in [0.2, 0.25) is 0 Å². The first kappa shape index (κ1) is 14.7. The maximum atomic E-state index is 5.72. The van der Waals surface area contributed by atoms with Crippen LogP contribution < -0.4 is 11.1 Å². The Morgan fingerprint density at radius 2 is 2.15 bits per heavy atom. The Balaban J connectivity index is 1.62. The highest BCUT2D eigenvalue weighted by Crippen LogP contribution is 2.16. The molecule has 0 saturated carbocycles. The number of furan rings is 1. The number of nitrogens with zero attached hydrogens (tertiary/aromatic N) is 3. The third-order valence-corrected chi connectivity index (χ3v) is 3.38. The van der Waals surface area contributed by atoms with E-state index in [1.165, 1.54) is 0 Å². The fraction of sp³-hybridized carbons (Fsp3) is 0.500. The molecule has 0 bridgehead atoms. The van der Waals surface area contributed by atoms with E-state index in [9.17, 15) is 0 Å². The Bertz CT molecular complexity index is 525. The van der Waals surface area contributed by atoms with Crippen molar-refractivity contribution in [3.05, 3.63) is 23.7 Å². The minimum absolute atomic E-state index is 0.143. The predicted molar refractivity (Wildman–Crippen MR) is 79.5 cm³/mol. The Kier molecular flexibility index (Phi) is 5.31. The minimum Gasteiger partial charge on any atom is -0.464 e. The molecule has 2 rings (SSSR count). The van der Waals surface area contributed by atoms with E-state index in [0.29, 0.717) is 6.01 Å². The van der Waals surface area contributed by atoms with Crippen molar-refractivity contribution in [1.29, 1.82) is 0 Å². The summed E-state index contributed by atoms with van der Waals surface area (Å²) < 4.78 is 10.6. The quantitative estimate of drug-likeness (QED) is 0.710. The van der Waals surface area contributed by atoms with Crippen LogP contribution >= 0.6 is 11.8 Å². The predicted octanol–water partition coefficient (Wildman–Crippen LogP) is 1.65. The molecule has 0 radical (unpaired) electrons. The topological polar surface area (TPSA) is 93.3 Å².